The number of thiophene rings is 1. The van der Waals surface area contributed by atoms with Gasteiger partial charge in [-0.1, -0.05) is 6.07 Å². The number of hydrogen-bond donors (Lipinski definition) is 0. The Hall–Kier alpha value is -2.87. The SMILES string of the molecule is O=C1c2cc(-c3ccc(C(F)(F)F)s3)ccc2OCCN1Cc1ccccn1. The van der Waals surface area contributed by atoms with Crippen LogP contribution in [-0.4, -0.2) is 28.9 Å². The Bertz CT molecular complexity index is 1000. The summed E-state index contributed by atoms with van der Waals surface area (Å²) in [5.74, 6) is 0.206. The average Bonchev–Trinajstić information content (AvgIpc) is 3.13. The molecule has 3 aromatic rings. The predicted octanol–water partition coefficient (Wildman–Crippen LogP) is 4.86. The number of aromatic nitrogens is 1. The van der Waals surface area contributed by atoms with Gasteiger partial charge in [-0.25, -0.2) is 0 Å². The Labute approximate surface area is 163 Å². The number of hydrogen-bond acceptors (Lipinski definition) is 4. The molecule has 1 aliphatic rings. The van der Waals surface area contributed by atoms with Crippen LogP contribution in [0.1, 0.15) is 20.9 Å². The second kappa shape index (κ2) is 7.27. The van der Waals surface area contributed by atoms with E-state index >= 15 is 0 Å². The molecule has 0 aliphatic carbocycles. The van der Waals surface area contributed by atoms with Gasteiger partial charge in [0.1, 0.15) is 17.2 Å². The molecule has 0 atom stereocenters. The molecular weight excluding hydrogens is 389 g/mol. The lowest BCUT2D eigenvalue weighted by Gasteiger charge is -2.19. The Morgan fingerprint density at radius 3 is 2.71 bits per heavy atom. The first-order valence-corrected chi connectivity index (χ1v) is 9.37. The Balaban J connectivity index is 1.65. The summed E-state index contributed by atoms with van der Waals surface area (Å²) < 4.78 is 44.3. The molecule has 1 amide bonds. The van der Waals surface area contributed by atoms with Crippen molar-refractivity contribution in [1.29, 1.82) is 0 Å². The number of alkyl halides is 3. The van der Waals surface area contributed by atoms with Crippen LogP contribution in [0.25, 0.3) is 10.4 Å². The number of carbonyl (C=O) groups excluding carboxylic acids is 1. The Morgan fingerprint density at radius 2 is 2.00 bits per heavy atom. The lowest BCUT2D eigenvalue weighted by Crippen LogP contribution is -2.32. The topological polar surface area (TPSA) is 42.4 Å². The number of nitrogens with zero attached hydrogens (tertiary/aromatic N) is 2. The maximum atomic E-state index is 13.0. The van der Waals surface area contributed by atoms with E-state index in [2.05, 4.69) is 4.98 Å². The highest BCUT2D eigenvalue weighted by atomic mass is 32.1. The van der Waals surface area contributed by atoms with Gasteiger partial charge in [-0.3, -0.25) is 9.78 Å². The maximum Gasteiger partial charge on any atom is 0.425 e. The largest absolute Gasteiger partial charge is 0.491 e. The summed E-state index contributed by atoms with van der Waals surface area (Å²) in [6.07, 6.45) is -2.72. The number of fused-ring (bicyclic) bond motifs is 1. The summed E-state index contributed by atoms with van der Waals surface area (Å²) in [6.45, 7) is 1.07. The molecule has 0 bridgehead atoms. The molecule has 0 fully saturated rings. The number of amides is 1. The molecule has 0 spiro atoms. The summed E-state index contributed by atoms with van der Waals surface area (Å²) in [5.41, 5.74) is 1.65. The van der Waals surface area contributed by atoms with Crippen molar-refractivity contribution in [2.75, 3.05) is 13.2 Å². The summed E-state index contributed by atoms with van der Waals surface area (Å²) in [5, 5.41) is 0. The van der Waals surface area contributed by atoms with Crippen LogP contribution < -0.4 is 4.74 Å². The molecule has 0 unspecified atom stereocenters. The van der Waals surface area contributed by atoms with Gasteiger partial charge >= 0.3 is 6.18 Å². The van der Waals surface area contributed by atoms with E-state index in [-0.39, 0.29) is 5.91 Å². The molecule has 3 heterocycles. The van der Waals surface area contributed by atoms with Gasteiger partial charge < -0.3 is 9.64 Å². The lowest BCUT2D eigenvalue weighted by molar-refractivity contribution is -0.134. The second-order valence-electron chi connectivity index (χ2n) is 6.27. The zero-order chi connectivity index (χ0) is 19.7. The molecule has 4 rings (SSSR count). The summed E-state index contributed by atoms with van der Waals surface area (Å²) >= 11 is 0.653. The first-order chi connectivity index (χ1) is 13.4. The molecule has 0 radical (unpaired) electrons. The molecule has 1 aliphatic heterocycles. The van der Waals surface area contributed by atoms with Crippen molar-refractivity contribution in [1.82, 2.24) is 9.88 Å². The van der Waals surface area contributed by atoms with Gasteiger partial charge in [-0.15, -0.1) is 11.3 Å². The van der Waals surface area contributed by atoms with E-state index in [1.54, 1.807) is 35.4 Å². The fraction of sp³-hybridized carbons (Fsp3) is 0.200. The van der Waals surface area contributed by atoms with Crippen LogP contribution in [0.2, 0.25) is 0 Å². The summed E-state index contributed by atoms with van der Waals surface area (Å²) in [7, 11) is 0. The van der Waals surface area contributed by atoms with E-state index in [0.29, 0.717) is 52.8 Å². The number of ether oxygens (including phenoxy) is 1. The van der Waals surface area contributed by atoms with E-state index in [1.165, 1.54) is 6.07 Å². The second-order valence-corrected chi connectivity index (χ2v) is 7.35. The third-order valence-electron chi connectivity index (χ3n) is 4.36. The van der Waals surface area contributed by atoms with Crippen LogP contribution in [0, 0.1) is 0 Å². The number of rotatable bonds is 3. The molecular formula is C20H15F3N2O2S. The van der Waals surface area contributed by atoms with E-state index in [4.69, 9.17) is 4.74 Å². The highest BCUT2D eigenvalue weighted by molar-refractivity contribution is 7.15. The van der Waals surface area contributed by atoms with Crippen molar-refractivity contribution in [3.8, 4) is 16.2 Å². The third-order valence-corrected chi connectivity index (χ3v) is 5.54. The smallest absolute Gasteiger partial charge is 0.425 e. The van der Waals surface area contributed by atoms with Gasteiger partial charge in [0.05, 0.1) is 24.3 Å². The van der Waals surface area contributed by atoms with Gasteiger partial charge in [0.15, 0.2) is 0 Å². The minimum Gasteiger partial charge on any atom is -0.491 e. The number of benzene rings is 1. The third kappa shape index (κ3) is 3.73. The fourth-order valence-corrected chi connectivity index (χ4v) is 3.87. The lowest BCUT2D eigenvalue weighted by atomic mass is 10.1. The van der Waals surface area contributed by atoms with Gasteiger partial charge in [0.25, 0.3) is 5.91 Å². The van der Waals surface area contributed by atoms with Crippen LogP contribution in [0.15, 0.2) is 54.7 Å². The highest BCUT2D eigenvalue weighted by Crippen LogP contribution is 2.39. The van der Waals surface area contributed by atoms with E-state index < -0.39 is 11.1 Å². The fourth-order valence-electron chi connectivity index (χ4n) is 3.00. The van der Waals surface area contributed by atoms with Crippen molar-refractivity contribution in [2.24, 2.45) is 0 Å². The van der Waals surface area contributed by atoms with E-state index in [1.807, 2.05) is 12.1 Å². The molecule has 28 heavy (non-hydrogen) atoms. The Morgan fingerprint density at radius 1 is 1.14 bits per heavy atom. The van der Waals surface area contributed by atoms with Crippen molar-refractivity contribution >= 4 is 17.2 Å². The number of carbonyl (C=O) groups is 1. The minimum absolute atomic E-state index is 0.229. The molecule has 0 saturated heterocycles. The molecule has 2 aromatic heterocycles. The monoisotopic (exact) mass is 404 g/mol. The van der Waals surface area contributed by atoms with Crippen LogP contribution in [0.3, 0.4) is 0 Å². The normalized spacial score (nSPS) is 14.4. The number of pyridine rings is 1. The quantitative estimate of drug-likeness (QED) is 0.626. The molecule has 1 aromatic carbocycles. The average molecular weight is 404 g/mol. The highest BCUT2D eigenvalue weighted by Gasteiger charge is 2.32. The molecule has 4 nitrogen and oxygen atoms in total. The first-order valence-electron chi connectivity index (χ1n) is 8.55. The van der Waals surface area contributed by atoms with Crippen LogP contribution >= 0.6 is 11.3 Å². The van der Waals surface area contributed by atoms with Gasteiger partial charge in [0.2, 0.25) is 0 Å². The van der Waals surface area contributed by atoms with Crippen molar-refractivity contribution in [3.05, 3.63) is 70.9 Å². The molecule has 8 heteroatoms. The maximum absolute atomic E-state index is 13.0. The van der Waals surface area contributed by atoms with Gasteiger partial charge in [0, 0.05) is 11.1 Å². The van der Waals surface area contributed by atoms with Gasteiger partial charge in [-0.05, 0) is 48.0 Å². The van der Waals surface area contributed by atoms with Crippen molar-refractivity contribution in [3.63, 3.8) is 0 Å². The summed E-state index contributed by atoms with van der Waals surface area (Å²) in [4.78, 5) is 18.7. The molecule has 0 saturated carbocycles. The zero-order valence-electron chi connectivity index (χ0n) is 14.6. The molecule has 0 N–H and O–H groups in total. The van der Waals surface area contributed by atoms with Crippen molar-refractivity contribution < 1.29 is 22.7 Å². The van der Waals surface area contributed by atoms with E-state index in [0.717, 1.165) is 11.8 Å². The minimum atomic E-state index is -4.38. The van der Waals surface area contributed by atoms with Gasteiger partial charge in [-0.2, -0.15) is 13.2 Å². The first kappa shape index (κ1) is 18.5. The zero-order valence-corrected chi connectivity index (χ0v) is 15.4. The van der Waals surface area contributed by atoms with Crippen LogP contribution in [0.4, 0.5) is 13.2 Å². The van der Waals surface area contributed by atoms with Crippen molar-refractivity contribution in [2.45, 2.75) is 12.7 Å². The Kier molecular flexibility index (Phi) is 4.80. The summed E-state index contributed by atoms with van der Waals surface area (Å²) in [6, 6.07) is 12.9. The van der Waals surface area contributed by atoms with Crippen LogP contribution in [0.5, 0.6) is 5.75 Å². The van der Waals surface area contributed by atoms with E-state index in [9.17, 15) is 18.0 Å². The standard InChI is InChI=1S/C20H15F3N2O2S/c21-20(22,23)18-7-6-17(28-18)13-4-5-16-15(11-13)19(26)25(9-10-27-16)12-14-3-1-2-8-24-14/h1-8,11H,9-10,12H2. The number of halogens is 3. The molecule has 144 valence electrons. The predicted molar refractivity (Wildman–Crippen MR) is 99.2 cm³/mol. The van der Waals surface area contributed by atoms with Crippen LogP contribution in [-0.2, 0) is 12.7 Å².